The van der Waals surface area contributed by atoms with Gasteiger partial charge in [-0.15, -0.1) is 0 Å². The largest absolute Gasteiger partial charge is 0.506 e. The molecule has 0 atom stereocenters. The van der Waals surface area contributed by atoms with E-state index < -0.39 is 0 Å². The van der Waals surface area contributed by atoms with Crippen LogP contribution in [0.25, 0.3) is 23.8 Å². The predicted octanol–water partition coefficient (Wildman–Crippen LogP) is 5.58. The topological polar surface area (TPSA) is 55.1 Å². The summed E-state index contributed by atoms with van der Waals surface area (Å²) >= 11 is 0. The minimum atomic E-state index is -0.140. The molecule has 0 fully saturated rings. The summed E-state index contributed by atoms with van der Waals surface area (Å²) in [6.45, 7) is 8.43. The van der Waals surface area contributed by atoms with Gasteiger partial charge in [-0.2, -0.15) is 4.58 Å². The minimum absolute atomic E-state index is 0.0471. The van der Waals surface area contributed by atoms with Crippen molar-refractivity contribution in [2.45, 2.75) is 27.7 Å². The van der Waals surface area contributed by atoms with E-state index >= 15 is 0 Å². The summed E-state index contributed by atoms with van der Waals surface area (Å²) in [6, 6.07) is 8.18. The highest BCUT2D eigenvalue weighted by Crippen LogP contribution is 2.39. The molecule has 0 saturated heterocycles. The van der Waals surface area contributed by atoms with Crippen LogP contribution in [0.2, 0.25) is 0 Å². The van der Waals surface area contributed by atoms with Crippen LogP contribution in [0.4, 0.5) is 0 Å². The third-order valence-electron chi connectivity index (χ3n) is 8.26. The van der Waals surface area contributed by atoms with Crippen molar-refractivity contribution >= 4 is 35.3 Å². The fourth-order valence-corrected chi connectivity index (χ4v) is 5.19. The second kappa shape index (κ2) is 9.21. The molecule has 0 aromatic carbocycles. The lowest BCUT2D eigenvalue weighted by Crippen LogP contribution is -2.26. The number of nitrogens with zero attached hydrogens (tertiary/aromatic N) is 4. The lowest BCUT2D eigenvalue weighted by atomic mass is 9.84. The number of aliphatic hydroxyl groups excluding tert-OH is 1. The van der Waals surface area contributed by atoms with Crippen molar-refractivity contribution in [2.24, 2.45) is 21.1 Å². The van der Waals surface area contributed by atoms with Crippen molar-refractivity contribution in [3.63, 3.8) is 0 Å². The lowest BCUT2D eigenvalue weighted by molar-refractivity contribution is -0.434. The molecule has 194 valence electrons. The molecule has 0 saturated carbocycles. The summed E-state index contributed by atoms with van der Waals surface area (Å²) in [7, 11) is 7.95. The van der Waals surface area contributed by atoms with Crippen LogP contribution in [-0.4, -0.2) is 41.9 Å². The highest BCUT2D eigenvalue weighted by molar-refractivity contribution is 6.39. The lowest BCUT2D eigenvalue weighted by Gasteiger charge is -2.21. The van der Waals surface area contributed by atoms with E-state index in [0.717, 1.165) is 22.8 Å². The Balaban J connectivity index is 1.43. The molecule has 1 aliphatic heterocycles. The third-order valence-corrected chi connectivity index (χ3v) is 8.26. The molecule has 4 heterocycles. The van der Waals surface area contributed by atoms with E-state index in [1.54, 1.807) is 0 Å². The number of aryl methyl sites for hydroxylation is 2. The Kier molecular flexibility index (Phi) is 6.14. The molecule has 0 unspecified atom stereocenters. The Bertz CT molecular complexity index is 1700. The van der Waals surface area contributed by atoms with Crippen LogP contribution < -0.4 is 0 Å². The van der Waals surface area contributed by atoms with Crippen molar-refractivity contribution in [3.05, 3.63) is 105 Å². The zero-order valence-electron chi connectivity index (χ0n) is 23.4. The fraction of sp³-hybridized carbons (Fsp3) is 0.250. The Labute approximate surface area is 224 Å². The molecule has 2 aliphatic rings. The number of allylic oxidation sites excluding steroid dienone is 5. The molecule has 1 N–H and O–H groups in total. The summed E-state index contributed by atoms with van der Waals surface area (Å²) in [5.74, 6) is -0.0934. The molecular formula is C32H35N4O2+. The molecule has 3 aromatic heterocycles. The van der Waals surface area contributed by atoms with Crippen LogP contribution in [0.15, 0.2) is 59.5 Å². The van der Waals surface area contributed by atoms with E-state index in [-0.39, 0.29) is 11.5 Å². The zero-order valence-corrected chi connectivity index (χ0v) is 23.4. The maximum Gasteiger partial charge on any atom is 0.220 e. The first kappa shape index (κ1) is 25.3. The van der Waals surface area contributed by atoms with Crippen LogP contribution in [0.5, 0.6) is 0 Å². The van der Waals surface area contributed by atoms with Crippen molar-refractivity contribution in [3.8, 4) is 0 Å². The van der Waals surface area contributed by atoms with Gasteiger partial charge in [0.05, 0.1) is 11.3 Å². The Morgan fingerprint density at radius 1 is 0.737 bits per heavy atom. The molecule has 0 bridgehead atoms. The molecule has 1 aliphatic carbocycles. The summed E-state index contributed by atoms with van der Waals surface area (Å²) in [6.07, 6.45) is 12.1. The van der Waals surface area contributed by atoms with Gasteiger partial charge in [-0.3, -0.25) is 4.79 Å². The van der Waals surface area contributed by atoms with Crippen molar-refractivity contribution < 1.29 is 14.5 Å². The number of carbonyl (C=O) groups is 1. The van der Waals surface area contributed by atoms with Gasteiger partial charge in [0.15, 0.2) is 0 Å². The summed E-state index contributed by atoms with van der Waals surface area (Å²) in [5, 5.41) is 11.0. The van der Waals surface area contributed by atoms with E-state index in [4.69, 9.17) is 0 Å². The number of Topliss-reactive ketones (excluding diaryl/α,β-unsaturated/α-hetero) is 1. The normalized spacial score (nSPS) is 17.8. The van der Waals surface area contributed by atoms with Crippen LogP contribution in [0.1, 0.15) is 45.3 Å². The molecule has 38 heavy (non-hydrogen) atoms. The first-order valence-electron chi connectivity index (χ1n) is 12.8. The van der Waals surface area contributed by atoms with Gasteiger partial charge in [-0.25, -0.2) is 0 Å². The molecule has 0 spiro atoms. The monoisotopic (exact) mass is 507 g/mol. The first-order chi connectivity index (χ1) is 18.0. The van der Waals surface area contributed by atoms with E-state index in [0.29, 0.717) is 22.5 Å². The Hall–Kier alpha value is -4.32. The van der Waals surface area contributed by atoms with Gasteiger partial charge in [0, 0.05) is 67.8 Å². The number of rotatable bonds is 5. The van der Waals surface area contributed by atoms with Crippen molar-refractivity contribution in [1.82, 2.24) is 13.7 Å². The van der Waals surface area contributed by atoms with Gasteiger partial charge >= 0.3 is 0 Å². The maximum absolute atomic E-state index is 13.3. The van der Waals surface area contributed by atoms with Gasteiger partial charge in [0.2, 0.25) is 17.2 Å². The predicted molar refractivity (Wildman–Crippen MR) is 155 cm³/mol. The average Bonchev–Trinajstić information content (AvgIpc) is 3.57. The smallest absolute Gasteiger partial charge is 0.220 e. The van der Waals surface area contributed by atoms with Crippen LogP contribution >= 0.6 is 0 Å². The number of carbonyl (C=O) groups excluding carboxylic acids is 1. The number of aliphatic hydroxyl groups is 1. The SMILES string of the molecule is Cc1cc(/C=C/C2=[N+](C)C(=C3\C(=O)C(c4ccc(/C=C/c5cc(C)c(C)n5C)n4C)=C3O)/C=C2)n(C)c1C. The Morgan fingerprint density at radius 2 is 1.29 bits per heavy atom. The molecule has 0 amide bonds. The minimum Gasteiger partial charge on any atom is -0.506 e. The average molecular weight is 508 g/mol. The molecule has 3 aromatic rings. The third kappa shape index (κ3) is 3.88. The van der Waals surface area contributed by atoms with E-state index in [1.807, 2.05) is 59.7 Å². The number of ketones is 1. The molecule has 6 heteroatoms. The number of aromatic nitrogens is 3. The molecule has 5 rings (SSSR count). The second-order valence-corrected chi connectivity index (χ2v) is 10.3. The number of likely N-dealkylation sites (N-methyl/N-ethyl adjacent to an activating group) is 1. The first-order valence-corrected chi connectivity index (χ1v) is 12.8. The molecule has 6 nitrogen and oxygen atoms in total. The Morgan fingerprint density at radius 3 is 1.82 bits per heavy atom. The zero-order chi connectivity index (χ0) is 27.5. The van der Waals surface area contributed by atoms with Crippen LogP contribution in [-0.2, 0) is 25.9 Å². The summed E-state index contributed by atoms with van der Waals surface area (Å²) < 4.78 is 8.21. The van der Waals surface area contributed by atoms with Crippen LogP contribution in [0.3, 0.4) is 0 Å². The van der Waals surface area contributed by atoms with E-state index in [1.165, 1.54) is 22.5 Å². The summed E-state index contributed by atoms with van der Waals surface area (Å²) in [5.41, 5.74) is 11.3. The highest BCUT2D eigenvalue weighted by Gasteiger charge is 2.42. The van der Waals surface area contributed by atoms with Gasteiger partial charge < -0.3 is 18.8 Å². The second-order valence-electron chi connectivity index (χ2n) is 10.3. The van der Waals surface area contributed by atoms with Gasteiger partial charge in [0.25, 0.3) is 0 Å². The fourth-order valence-electron chi connectivity index (χ4n) is 5.19. The van der Waals surface area contributed by atoms with Crippen molar-refractivity contribution in [2.75, 3.05) is 7.05 Å². The van der Waals surface area contributed by atoms with E-state index in [2.05, 4.69) is 75.2 Å². The quantitative estimate of drug-likeness (QED) is 0.362. The van der Waals surface area contributed by atoms with Gasteiger partial charge in [-0.1, -0.05) is 0 Å². The maximum atomic E-state index is 13.3. The van der Waals surface area contributed by atoms with Gasteiger partial charge in [-0.05, 0) is 81.3 Å². The molecular weight excluding hydrogens is 472 g/mol. The summed E-state index contributed by atoms with van der Waals surface area (Å²) in [4.78, 5) is 13.3. The van der Waals surface area contributed by atoms with E-state index in [9.17, 15) is 9.90 Å². The van der Waals surface area contributed by atoms with Gasteiger partial charge in [0.1, 0.15) is 18.4 Å². The highest BCUT2D eigenvalue weighted by atomic mass is 16.3. The van der Waals surface area contributed by atoms with Crippen LogP contribution in [0, 0.1) is 27.7 Å². The molecule has 0 radical (unpaired) electrons. The number of hydrogen-bond donors (Lipinski definition) is 1. The number of hydrogen-bond acceptors (Lipinski definition) is 2. The van der Waals surface area contributed by atoms with Crippen molar-refractivity contribution in [1.29, 1.82) is 0 Å². The standard InChI is InChI=1S/C32H34N4O2/c1-19-17-25(33(5)21(19)3)11-9-23-13-15-27(35(23)7)29-31(37)30(32(29)38)28-16-14-24(36(28)8)10-12-26-18-20(2)22(4)34(26)6/h9-18H,1-8H3/p+1.